The zero-order valence-electron chi connectivity index (χ0n) is 12.3. The summed E-state index contributed by atoms with van der Waals surface area (Å²) in [5.41, 5.74) is 2.86. The van der Waals surface area contributed by atoms with Crippen LogP contribution in [0.25, 0.3) is 0 Å². The van der Waals surface area contributed by atoms with Crippen molar-refractivity contribution in [2.75, 3.05) is 19.6 Å². The molecule has 0 amide bonds. The van der Waals surface area contributed by atoms with Crippen LogP contribution in [0.15, 0.2) is 6.07 Å². The molecule has 1 aliphatic rings. The van der Waals surface area contributed by atoms with Crippen LogP contribution < -0.4 is 0 Å². The summed E-state index contributed by atoms with van der Waals surface area (Å²) >= 11 is 0. The molecule has 0 aliphatic carbocycles. The molecule has 1 aromatic heterocycles. The molecular formula is C15H22N2O3. The van der Waals surface area contributed by atoms with Crippen LogP contribution in [0.5, 0.6) is 0 Å². The third kappa shape index (κ3) is 2.93. The lowest BCUT2D eigenvalue weighted by atomic mass is 9.97. The third-order valence-corrected chi connectivity index (χ3v) is 4.38. The second-order valence-electron chi connectivity index (χ2n) is 5.66. The van der Waals surface area contributed by atoms with Crippen molar-refractivity contribution in [1.29, 1.82) is 0 Å². The number of hydrogen-bond donors (Lipinski definition) is 1. The molecule has 110 valence electrons. The van der Waals surface area contributed by atoms with Crippen molar-refractivity contribution in [2.24, 2.45) is 13.0 Å². The molecule has 20 heavy (non-hydrogen) atoms. The molecule has 0 saturated carbocycles. The number of ketones is 1. The highest BCUT2D eigenvalue weighted by atomic mass is 16.4. The molecule has 2 heterocycles. The number of likely N-dealkylation sites (tertiary alicyclic amines) is 1. The third-order valence-electron chi connectivity index (χ3n) is 4.38. The summed E-state index contributed by atoms with van der Waals surface area (Å²) in [4.78, 5) is 25.3. The number of carbonyl (C=O) groups is 2. The number of aromatic nitrogens is 1. The van der Waals surface area contributed by atoms with Gasteiger partial charge in [0, 0.05) is 24.0 Å². The number of aliphatic carboxylic acids is 1. The van der Waals surface area contributed by atoms with Crippen LogP contribution in [0.3, 0.4) is 0 Å². The lowest BCUT2D eigenvalue weighted by Crippen LogP contribution is -2.39. The molecule has 0 radical (unpaired) electrons. The van der Waals surface area contributed by atoms with E-state index < -0.39 is 5.97 Å². The van der Waals surface area contributed by atoms with E-state index in [1.807, 2.05) is 31.5 Å². The van der Waals surface area contributed by atoms with E-state index in [9.17, 15) is 9.59 Å². The van der Waals surface area contributed by atoms with Gasteiger partial charge in [-0.15, -0.1) is 0 Å². The molecule has 1 fully saturated rings. The van der Waals surface area contributed by atoms with E-state index in [1.54, 1.807) is 0 Å². The highest BCUT2D eigenvalue weighted by Crippen LogP contribution is 2.19. The Bertz CT molecular complexity index is 525. The number of aryl methyl sites for hydroxylation is 1. The van der Waals surface area contributed by atoms with Gasteiger partial charge >= 0.3 is 5.97 Å². The molecule has 0 unspecified atom stereocenters. The Labute approximate surface area is 119 Å². The molecule has 2 rings (SSSR count). The standard InChI is InChI=1S/C15H22N2O3/c1-10-8-13(11(2)16(10)3)14(18)9-17-6-4-12(5-7-17)15(19)20/h8,12H,4-7,9H2,1-3H3,(H,19,20). The Morgan fingerprint density at radius 2 is 1.90 bits per heavy atom. The number of piperidine rings is 1. The average molecular weight is 278 g/mol. The molecule has 0 atom stereocenters. The molecule has 1 N–H and O–H groups in total. The topological polar surface area (TPSA) is 62.5 Å². The number of hydrogen-bond acceptors (Lipinski definition) is 3. The van der Waals surface area contributed by atoms with Gasteiger partial charge in [-0.2, -0.15) is 0 Å². The SMILES string of the molecule is Cc1cc(C(=O)CN2CCC(C(=O)O)CC2)c(C)n1C. The van der Waals surface area contributed by atoms with Crippen molar-refractivity contribution in [3.05, 3.63) is 23.0 Å². The first-order chi connectivity index (χ1) is 9.40. The molecule has 0 spiro atoms. The summed E-state index contributed by atoms with van der Waals surface area (Å²) in [5, 5.41) is 8.97. The number of Topliss-reactive ketones (excluding diaryl/α,β-unsaturated/α-hetero) is 1. The summed E-state index contributed by atoms with van der Waals surface area (Å²) in [7, 11) is 1.96. The molecule has 5 heteroatoms. The average Bonchev–Trinajstić information content (AvgIpc) is 2.67. The fourth-order valence-electron chi connectivity index (χ4n) is 2.76. The minimum Gasteiger partial charge on any atom is -0.481 e. The number of rotatable bonds is 4. The summed E-state index contributed by atoms with van der Waals surface area (Å²) in [6.45, 7) is 5.71. The van der Waals surface area contributed by atoms with Gasteiger partial charge in [-0.3, -0.25) is 14.5 Å². The van der Waals surface area contributed by atoms with Gasteiger partial charge in [-0.1, -0.05) is 0 Å². The van der Waals surface area contributed by atoms with Crippen LogP contribution in [-0.2, 0) is 11.8 Å². The normalized spacial score (nSPS) is 17.4. The zero-order chi connectivity index (χ0) is 14.9. The quantitative estimate of drug-likeness (QED) is 0.850. The van der Waals surface area contributed by atoms with Crippen LogP contribution in [0.1, 0.15) is 34.6 Å². The van der Waals surface area contributed by atoms with Crippen molar-refractivity contribution in [3.8, 4) is 0 Å². The Kier molecular flexibility index (Phi) is 4.28. The first kappa shape index (κ1) is 14.8. The van der Waals surface area contributed by atoms with E-state index in [4.69, 9.17) is 5.11 Å². The molecule has 1 aliphatic heterocycles. The maximum Gasteiger partial charge on any atom is 0.306 e. The number of nitrogens with zero attached hydrogens (tertiary/aromatic N) is 2. The largest absolute Gasteiger partial charge is 0.481 e. The molecule has 5 nitrogen and oxygen atoms in total. The number of carboxylic acids is 1. The highest BCUT2D eigenvalue weighted by Gasteiger charge is 2.26. The van der Waals surface area contributed by atoms with Gasteiger partial charge in [0.05, 0.1) is 12.5 Å². The van der Waals surface area contributed by atoms with Gasteiger partial charge in [0.1, 0.15) is 0 Å². The number of carbonyl (C=O) groups excluding carboxylic acids is 1. The van der Waals surface area contributed by atoms with Crippen molar-refractivity contribution in [3.63, 3.8) is 0 Å². The Morgan fingerprint density at radius 1 is 1.30 bits per heavy atom. The second kappa shape index (κ2) is 5.79. The fourth-order valence-corrected chi connectivity index (χ4v) is 2.76. The van der Waals surface area contributed by atoms with Crippen LogP contribution >= 0.6 is 0 Å². The van der Waals surface area contributed by atoms with Gasteiger partial charge in [-0.05, 0) is 45.8 Å². The number of carboxylic acid groups (broad SMARTS) is 1. The van der Waals surface area contributed by atoms with Crippen LogP contribution in [0.2, 0.25) is 0 Å². The monoisotopic (exact) mass is 278 g/mol. The minimum absolute atomic E-state index is 0.125. The summed E-state index contributed by atoms with van der Waals surface area (Å²) in [6.07, 6.45) is 1.27. The minimum atomic E-state index is -0.717. The van der Waals surface area contributed by atoms with Crippen LogP contribution in [-0.4, -0.2) is 46.0 Å². The van der Waals surface area contributed by atoms with Crippen LogP contribution in [0, 0.1) is 19.8 Å². The van der Waals surface area contributed by atoms with E-state index in [1.165, 1.54) is 0 Å². The lowest BCUT2D eigenvalue weighted by molar-refractivity contribution is -0.143. The Hall–Kier alpha value is -1.62. The van der Waals surface area contributed by atoms with E-state index in [2.05, 4.69) is 4.90 Å². The highest BCUT2D eigenvalue weighted by molar-refractivity contribution is 5.99. The van der Waals surface area contributed by atoms with Gasteiger partial charge in [0.15, 0.2) is 5.78 Å². The summed E-state index contributed by atoms with van der Waals surface area (Å²) in [5.74, 6) is -0.840. The van der Waals surface area contributed by atoms with Crippen molar-refractivity contribution < 1.29 is 14.7 Å². The molecular weight excluding hydrogens is 256 g/mol. The maximum absolute atomic E-state index is 12.3. The van der Waals surface area contributed by atoms with E-state index >= 15 is 0 Å². The Balaban J connectivity index is 1.96. The Morgan fingerprint density at radius 3 is 2.35 bits per heavy atom. The maximum atomic E-state index is 12.3. The summed E-state index contributed by atoms with van der Waals surface area (Å²) < 4.78 is 2.02. The zero-order valence-corrected chi connectivity index (χ0v) is 12.3. The van der Waals surface area contributed by atoms with E-state index in [0.29, 0.717) is 32.5 Å². The van der Waals surface area contributed by atoms with E-state index in [0.717, 1.165) is 17.0 Å². The van der Waals surface area contributed by atoms with Gasteiger partial charge in [0.2, 0.25) is 0 Å². The molecule has 0 aromatic carbocycles. The molecule has 0 bridgehead atoms. The first-order valence-electron chi connectivity index (χ1n) is 7.01. The van der Waals surface area contributed by atoms with E-state index in [-0.39, 0.29) is 11.7 Å². The predicted molar refractivity (Wildman–Crippen MR) is 76.0 cm³/mol. The molecule has 1 saturated heterocycles. The van der Waals surface area contributed by atoms with Gasteiger partial charge in [0.25, 0.3) is 0 Å². The second-order valence-corrected chi connectivity index (χ2v) is 5.66. The van der Waals surface area contributed by atoms with Gasteiger partial charge < -0.3 is 9.67 Å². The van der Waals surface area contributed by atoms with Crippen molar-refractivity contribution in [1.82, 2.24) is 9.47 Å². The lowest BCUT2D eigenvalue weighted by Gasteiger charge is -2.29. The van der Waals surface area contributed by atoms with Crippen molar-refractivity contribution in [2.45, 2.75) is 26.7 Å². The van der Waals surface area contributed by atoms with Crippen molar-refractivity contribution >= 4 is 11.8 Å². The predicted octanol–water partition coefficient (Wildman–Crippen LogP) is 1.62. The fraction of sp³-hybridized carbons (Fsp3) is 0.600. The van der Waals surface area contributed by atoms with Gasteiger partial charge in [-0.25, -0.2) is 0 Å². The summed E-state index contributed by atoms with van der Waals surface area (Å²) in [6, 6.07) is 1.93. The first-order valence-corrected chi connectivity index (χ1v) is 7.01. The van der Waals surface area contributed by atoms with Crippen LogP contribution in [0.4, 0.5) is 0 Å². The molecule has 1 aromatic rings. The smallest absolute Gasteiger partial charge is 0.306 e.